The number of nitrogens with one attached hydrogen (secondary N) is 2. The summed E-state index contributed by atoms with van der Waals surface area (Å²) >= 11 is 5.36. The summed E-state index contributed by atoms with van der Waals surface area (Å²) in [4.78, 5) is 14.9. The van der Waals surface area contributed by atoms with Crippen LogP contribution in [-0.2, 0) is 11.3 Å². The van der Waals surface area contributed by atoms with Gasteiger partial charge in [0.25, 0.3) is 0 Å². The van der Waals surface area contributed by atoms with Crippen molar-refractivity contribution in [3.05, 3.63) is 58.9 Å². The number of aromatic nitrogens is 3. The number of carbonyl (C=O) groups is 1. The van der Waals surface area contributed by atoms with Crippen LogP contribution in [0.25, 0.3) is 11.4 Å². The van der Waals surface area contributed by atoms with Crippen molar-refractivity contribution in [3.63, 3.8) is 0 Å². The molecule has 0 bridgehead atoms. The number of aryl methyl sites for hydroxylation is 1. The lowest BCUT2D eigenvalue weighted by Gasteiger charge is -2.18. The van der Waals surface area contributed by atoms with E-state index in [1.165, 1.54) is 17.7 Å². The fourth-order valence-corrected chi connectivity index (χ4v) is 4.03. The van der Waals surface area contributed by atoms with E-state index in [-0.39, 0.29) is 5.91 Å². The van der Waals surface area contributed by atoms with Gasteiger partial charge >= 0.3 is 0 Å². The number of carbonyl (C=O) groups excluding carboxylic acids is 1. The third kappa shape index (κ3) is 4.62. The number of H-pyrrole nitrogens is 1. The average molecular weight is 422 g/mol. The Bertz CT molecular complexity index is 1070. The van der Waals surface area contributed by atoms with E-state index in [0.717, 1.165) is 36.1 Å². The molecule has 0 aliphatic carbocycles. The largest absolute Gasteiger partial charge is 0.371 e. The zero-order chi connectivity index (χ0) is 21.1. The van der Waals surface area contributed by atoms with Crippen molar-refractivity contribution >= 4 is 29.5 Å². The number of anilines is 2. The smallest absolute Gasteiger partial charge is 0.226 e. The molecule has 1 aromatic heterocycles. The molecular formula is C23H27N5OS. The number of hydrogen-bond donors (Lipinski definition) is 2. The van der Waals surface area contributed by atoms with Gasteiger partial charge in [-0.2, -0.15) is 5.10 Å². The van der Waals surface area contributed by atoms with Crippen LogP contribution in [0.5, 0.6) is 0 Å². The molecule has 3 aromatic rings. The van der Waals surface area contributed by atoms with Crippen molar-refractivity contribution < 1.29 is 4.79 Å². The summed E-state index contributed by atoms with van der Waals surface area (Å²) in [7, 11) is 0. The molecule has 1 fully saturated rings. The third-order valence-electron chi connectivity index (χ3n) is 5.57. The Hall–Kier alpha value is -2.93. The molecule has 7 heteroatoms. The summed E-state index contributed by atoms with van der Waals surface area (Å²) in [6.07, 6.45) is 1.55. The van der Waals surface area contributed by atoms with Crippen LogP contribution in [0.4, 0.5) is 11.4 Å². The lowest BCUT2D eigenvalue weighted by molar-refractivity contribution is -0.116. The lowest BCUT2D eigenvalue weighted by atomic mass is 10.1. The van der Waals surface area contributed by atoms with E-state index in [0.29, 0.717) is 17.7 Å². The molecule has 0 radical (unpaired) electrons. The molecule has 4 rings (SSSR count). The second-order valence-electron chi connectivity index (χ2n) is 8.05. The van der Waals surface area contributed by atoms with Crippen molar-refractivity contribution in [2.45, 2.75) is 33.2 Å². The van der Waals surface area contributed by atoms with Crippen LogP contribution in [0.2, 0.25) is 0 Å². The van der Waals surface area contributed by atoms with E-state index in [1.807, 2.05) is 47.9 Å². The SMILES string of the molecule is Cc1ccc(-c2n[nH]c(=S)n2CCC(=O)Nc2ccc(N3CCC(C)C3)cc2)cc1. The fraction of sp³-hybridized carbons (Fsp3) is 0.348. The molecule has 0 saturated carbocycles. The first-order chi connectivity index (χ1) is 14.5. The summed E-state index contributed by atoms with van der Waals surface area (Å²) in [6.45, 7) is 6.99. The van der Waals surface area contributed by atoms with Gasteiger partial charge in [0.2, 0.25) is 5.91 Å². The van der Waals surface area contributed by atoms with E-state index in [2.05, 4.69) is 39.5 Å². The van der Waals surface area contributed by atoms with Gasteiger partial charge in [0.05, 0.1) is 0 Å². The van der Waals surface area contributed by atoms with Gasteiger partial charge in [-0.05, 0) is 55.7 Å². The predicted octanol–water partition coefficient (Wildman–Crippen LogP) is 4.79. The number of benzene rings is 2. The van der Waals surface area contributed by atoms with E-state index in [4.69, 9.17) is 12.2 Å². The van der Waals surface area contributed by atoms with Crippen LogP contribution >= 0.6 is 12.2 Å². The number of rotatable bonds is 6. The molecule has 1 aliphatic heterocycles. The van der Waals surface area contributed by atoms with Crippen LogP contribution in [0, 0.1) is 17.6 Å². The topological polar surface area (TPSA) is 66.0 Å². The van der Waals surface area contributed by atoms with Gasteiger partial charge in [-0.1, -0.05) is 36.8 Å². The zero-order valence-corrected chi connectivity index (χ0v) is 18.2. The molecule has 2 N–H and O–H groups in total. The number of aromatic amines is 1. The minimum Gasteiger partial charge on any atom is -0.371 e. The van der Waals surface area contributed by atoms with Gasteiger partial charge in [0, 0.05) is 43.0 Å². The highest BCUT2D eigenvalue weighted by atomic mass is 32.1. The van der Waals surface area contributed by atoms with Crippen molar-refractivity contribution in [1.29, 1.82) is 0 Å². The maximum Gasteiger partial charge on any atom is 0.226 e. The normalized spacial score (nSPS) is 16.1. The fourth-order valence-electron chi connectivity index (χ4n) is 3.81. The molecule has 1 amide bonds. The maximum atomic E-state index is 12.5. The van der Waals surface area contributed by atoms with Crippen LogP contribution in [0.15, 0.2) is 48.5 Å². The molecular weight excluding hydrogens is 394 g/mol. The third-order valence-corrected chi connectivity index (χ3v) is 5.88. The Morgan fingerprint density at radius 3 is 2.60 bits per heavy atom. The Morgan fingerprint density at radius 2 is 1.93 bits per heavy atom. The van der Waals surface area contributed by atoms with E-state index in [9.17, 15) is 4.79 Å². The van der Waals surface area contributed by atoms with Gasteiger partial charge in [0.1, 0.15) is 0 Å². The molecule has 2 aromatic carbocycles. The van der Waals surface area contributed by atoms with Crippen molar-refractivity contribution in [2.75, 3.05) is 23.3 Å². The first-order valence-corrected chi connectivity index (χ1v) is 10.8. The molecule has 1 saturated heterocycles. The van der Waals surface area contributed by atoms with Crippen LogP contribution in [0.1, 0.15) is 25.3 Å². The van der Waals surface area contributed by atoms with E-state index < -0.39 is 0 Å². The highest BCUT2D eigenvalue weighted by Crippen LogP contribution is 2.25. The van der Waals surface area contributed by atoms with Crippen molar-refractivity contribution in [1.82, 2.24) is 14.8 Å². The molecule has 6 nitrogen and oxygen atoms in total. The quantitative estimate of drug-likeness (QED) is 0.562. The lowest BCUT2D eigenvalue weighted by Crippen LogP contribution is -2.19. The minimum atomic E-state index is -0.0458. The first kappa shape index (κ1) is 20.3. The van der Waals surface area contributed by atoms with Crippen LogP contribution in [0.3, 0.4) is 0 Å². The zero-order valence-electron chi connectivity index (χ0n) is 17.4. The monoisotopic (exact) mass is 421 g/mol. The summed E-state index contributed by atoms with van der Waals surface area (Å²) in [6, 6.07) is 16.2. The maximum absolute atomic E-state index is 12.5. The summed E-state index contributed by atoms with van der Waals surface area (Å²) < 4.78 is 2.39. The van der Waals surface area contributed by atoms with Crippen molar-refractivity contribution in [3.8, 4) is 11.4 Å². The highest BCUT2D eigenvalue weighted by Gasteiger charge is 2.18. The van der Waals surface area contributed by atoms with Gasteiger partial charge in [0.15, 0.2) is 10.6 Å². The van der Waals surface area contributed by atoms with Gasteiger partial charge < -0.3 is 10.2 Å². The highest BCUT2D eigenvalue weighted by molar-refractivity contribution is 7.71. The standard InChI is InChI=1S/C23H27N5OS/c1-16-3-5-18(6-4-16)22-25-26-23(30)28(22)14-12-21(29)24-19-7-9-20(10-8-19)27-13-11-17(2)15-27/h3-10,17H,11-15H2,1-2H3,(H,24,29)(H,26,30). The summed E-state index contributed by atoms with van der Waals surface area (Å²) in [5, 5.41) is 10.2. The van der Waals surface area contributed by atoms with Gasteiger partial charge in [-0.25, -0.2) is 0 Å². The second kappa shape index (κ2) is 8.83. The molecule has 2 heterocycles. The van der Waals surface area contributed by atoms with Crippen molar-refractivity contribution in [2.24, 2.45) is 5.92 Å². The first-order valence-electron chi connectivity index (χ1n) is 10.4. The molecule has 1 aliphatic rings. The predicted molar refractivity (Wildman–Crippen MR) is 123 cm³/mol. The number of hydrogen-bond acceptors (Lipinski definition) is 4. The Labute approximate surface area is 181 Å². The molecule has 1 unspecified atom stereocenters. The molecule has 0 spiro atoms. The van der Waals surface area contributed by atoms with E-state index in [1.54, 1.807) is 0 Å². The van der Waals surface area contributed by atoms with Gasteiger partial charge in [-0.3, -0.25) is 14.5 Å². The van der Waals surface area contributed by atoms with Gasteiger partial charge in [-0.15, -0.1) is 0 Å². The summed E-state index contributed by atoms with van der Waals surface area (Å²) in [5.74, 6) is 1.44. The Balaban J connectivity index is 1.37. The summed E-state index contributed by atoms with van der Waals surface area (Å²) in [5.41, 5.74) is 4.18. The Kier molecular flexibility index (Phi) is 5.99. The number of amides is 1. The molecule has 1 atom stereocenters. The molecule has 156 valence electrons. The minimum absolute atomic E-state index is 0.0458. The second-order valence-corrected chi connectivity index (χ2v) is 8.44. The van der Waals surface area contributed by atoms with Crippen LogP contribution in [-0.4, -0.2) is 33.8 Å². The van der Waals surface area contributed by atoms with Crippen LogP contribution < -0.4 is 10.2 Å². The Morgan fingerprint density at radius 1 is 1.20 bits per heavy atom. The average Bonchev–Trinajstić information content (AvgIpc) is 3.33. The van der Waals surface area contributed by atoms with E-state index >= 15 is 0 Å². The molecule has 30 heavy (non-hydrogen) atoms. The number of nitrogens with zero attached hydrogens (tertiary/aromatic N) is 3.